The van der Waals surface area contributed by atoms with Crippen LogP contribution < -0.4 is 5.32 Å². The molecule has 0 saturated heterocycles. The minimum absolute atomic E-state index is 0.215. The Morgan fingerprint density at radius 3 is 2.46 bits per heavy atom. The molecule has 0 aliphatic rings. The fraction of sp³-hybridized carbons (Fsp3) is 0.778. The van der Waals surface area contributed by atoms with Crippen LogP contribution in [0.15, 0.2) is 12.2 Å². The molecule has 0 aromatic carbocycles. The molecule has 0 radical (unpaired) electrons. The van der Waals surface area contributed by atoms with Crippen molar-refractivity contribution >= 4 is 0 Å². The molecule has 0 saturated carbocycles. The van der Waals surface area contributed by atoms with Gasteiger partial charge in [0.2, 0.25) is 0 Å². The van der Waals surface area contributed by atoms with Gasteiger partial charge in [-0.15, -0.1) is 0 Å². The Balaban J connectivity index is 3.09. The highest BCUT2D eigenvalue weighted by Gasteiger charge is 2.25. The van der Waals surface area contributed by atoms with Gasteiger partial charge in [0.15, 0.2) is 0 Å². The molecule has 0 bridgehead atoms. The molecule has 78 valence electrons. The van der Waals surface area contributed by atoms with Gasteiger partial charge in [-0.1, -0.05) is 12.2 Å². The minimum atomic E-state index is -4.00. The highest BCUT2D eigenvalue weighted by Crippen LogP contribution is 2.21. The van der Waals surface area contributed by atoms with Crippen LogP contribution in [0.5, 0.6) is 0 Å². The Bertz CT molecular complexity index is 140. The van der Waals surface area contributed by atoms with Gasteiger partial charge in [-0.25, -0.2) is 0 Å². The van der Waals surface area contributed by atoms with Crippen LogP contribution in [0.4, 0.5) is 13.2 Å². The third kappa shape index (κ3) is 11.5. The Morgan fingerprint density at radius 2 is 1.92 bits per heavy atom. The first kappa shape index (κ1) is 12.5. The van der Waals surface area contributed by atoms with Gasteiger partial charge in [0.05, 0.1) is 0 Å². The lowest BCUT2D eigenvalue weighted by Crippen LogP contribution is -2.16. The highest BCUT2D eigenvalue weighted by molar-refractivity contribution is 4.78. The molecular weight excluding hydrogens is 179 g/mol. The Kier molecular flexibility index (Phi) is 6.68. The summed E-state index contributed by atoms with van der Waals surface area (Å²) in [7, 11) is 0. The van der Waals surface area contributed by atoms with Crippen LogP contribution in [0.1, 0.15) is 26.2 Å². The normalized spacial score (nSPS) is 12.6. The number of nitrogens with one attached hydrogen (secondary N) is 1. The largest absolute Gasteiger partial charge is 0.389 e. The summed E-state index contributed by atoms with van der Waals surface area (Å²) < 4.78 is 35.0. The fourth-order valence-electron chi connectivity index (χ4n) is 0.879. The number of allylic oxidation sites excluding steroid dienone is 1. The monoisotopic (exact) mass is 195 g/mol. The summed E-state index contributed by atoms with van der Waals surface area (Å²) in [6, 6.07) is 0. The van der Waals surface area contributed by atoms with Gasteiger partial charge in [0, 0.05) is 13.0 Å². The quantitative estimate of drug-likeness (QED) is 0.507. The standard InChI is InChI=1S/C9H16F3N/c1-2-3-7-13-8-5-4-6-9(10,11)12/h2-3,13H,4-8H2,1H3/b3-2+. The predicted molar refractivity (Wildman–Crippen MR) is 47.6 cm³/mol. The molecule has 0 rings (SSSR count). The maximum atomic E-state index is 11.7. The molecule has 0 aromatic heterocycles. The second kappa shape index (κ2) is 6.95. The zero-order valence-corrected chi connectivity index (χ0v) is 7.82. The van der Waals surface area contributed by atoms with E-state index in [0.29, 0.717) is 13.0 Å². The van der Waals surface area contributed by atoms with Crippen molar-refractivity contribution in [1.29, 1.82) is 0 Å². The van der Waals surface area contributed by atoms with Crippen molar-refractivity contribution in [3.8, 4) is 0 Å². The van der Waals surface area contributed by atoms with Crippen molar-refractivity contribution < 1.29 is 13.2 Å². The van der Waals surface area contributed by atoms with Gasteiger partial charge in [-0.05, 0) is 26.3 Å². The lowest BCUT2D eigenvalue weighted by molar-refractivity contribution is -0.135. The Hall–Kier alpha value is -0.510. The number of unbranched alkanes of at least 4 members (excludes halogenated alkanes) is 1. The van der Waals surface area contributed by atoms with E-state index in [4.69, 9.17) is 0 Å². The smallest absolute Gasteiger partial charge is 0.313 e. The summed E-state index contributed by atoms with van der Waals surface area (Å²) in [5.74, 6) is 0. The van der Waals surface area contributed by atoms with E-state index in [0.717, 1.165) is 6.54 Å². The third-order valence-corrected chi connectivity index (χ3v) is 1.56. The summed E-state index contributed by atoms with van der Waals surface area (Å²) in [5.41, 5.74) is 0. The van der Waals surface area contributed by atoms with Gasteiger partial charge in [0.1, 0.15) is 0 Å². The van der Waals surface area contributed by atoms with Crippen LogP contribution in [0, 0.1) is 0 Å². The number of alkyl halides is 3. The zero-order valence-electron chi connectivity index (χ0n) is 7.82. The minimum Gasteiger partial charge on any atom is -0.313 e. The molecule has 0 aromatic rings. The first-order valence-electron chi connectivity index (χ1n) is 4.45. The first-order valence-corrected chi connectivity index (χ1v) is 4.45. The van der Waals surface area contributed by atoms with Crippen molar-refractivity contribution in [1.82, 2.24) is 5.32 Å². The van der Waals surface area contributed by atoms with Gasteiger partial charge < -0.3 is 5.32 Å². The van der Waals surface area contributed by atoms with E-state index >= 15 is 0 Å². The summed E-state index contributed by atoms with van der Waals surface area (Å²) in [4.78, 5) is 0. The second-order valence-electron chi connectivity index (χ2n) is 2.85. The van der Waals surface area contributed by atoms with Crippen molar-refractivity contribution in [2.45, 2.75) is 32.4 Å². The molecule has 0 aliphatic heterocycles. The van der Waals surface area contributed by atoms with Gasteiger partial charge in [-0.3, -0.25) is 0 Å². The van der Waals surface area contributed by atoms with E-state index in [2.05, 4.69) is 5.32 Å². The summed E-state index contributed by atoms with van der Waals surface area (Å²) in [6.45, 7) is 3.30. The van der Waals surface area contributed by atoms with Gasteiger partial charge >= 0.3 is 6.18 Å². The fourth-order valence-corrected chi connectivity index (χ4v) is 0.879. The van der Waals surface area contributed by atoms with E-state index in [1.807, 2.05) is 19.1 Å². The average Bonchev–Trinajstić information content (AvgIpc) is 2.01. The van der Waals surface area contributed by atoms with Crippen molar-refractivity contribution in [3.63, 3.8) is 0 Å². The molecule has 13 heavy (non-hydrogen) atoms. The van der Waals surface area contributed by atoms with Gasteiger partial charge in [-0.2, -0.15) is 13.2 Å². The molecule has 0 aliphatic carbocycles. The van der Waals surface area contributed by atoms with Crippen LogP contribution in [0.3, 0.4) is 0 Å². The van der Waals surface area contributed by atoms with Crippen LogP contribution in [-0.2, 0) is 0 Å². The molecule has 0 unspecified atom stereocenters. The van der Waals surface area contributed by atoms with E-state index < -0.39 is 12.6 Å². The maximum absolute atomic E-state index is 11.7. The van der Waals surface area contributed by atoms with Crippen LogP contribution in [0.25, 0.3) is 0 Å². The molecule has 0 amide bonds. The topological polar surface area (TPSA) is 12.0 Å². The zero-order chi connectivity index (χ0) is 10.2. The summed E-state index contributed by atoms with van der Waals surface area (Å²) >= 11 is 0. The van der Waals surface area contributed by atoms with Crippen molar-refractivity contribution in [2.24, 2.45) is 0 Å². The van der Waals surface area contributed by atoms with E-state index in [1.165, 1.54) is 0 Å². The summed E-state index contributed by atoms with van der Waals surface area (Å²) in [5, 5.41) is 3.02. The molecule has 0 spiro atoms. The highest BCUT2D eigenvalue weighted by atomic mass is 19.4. The van der Waals surface area contributed by atoms with Gasteiger partial charge in [0.25, 0.3) is 0 Å². The first-order chi connectivity index (χ1) is 6.06. The van der Waals surface area contributed by atoms with Crippen LogP contribution in [0.2, 0.25) is 0 Å². The van der Waals surface area contributed by atoms with Crippen molar-refractivity contribution in [3.05, 3.63) is 12.2 Å². The molecular formula is C9H16F3N. The number of rotatable bonds is 6. The Labute approximate surface area is 77.0 Å². The maximum Gasteiger partial charge on any atom is 0.389 e. The molecule has 0 heterocycles. The lowest BCUT2D eigenvalue weighted by atomic mass is 10.2. The van der Waals surface area contributed by atoms with Crippen LogP contribution >= 0.6 is 0 Å². The number of hydrogen-bond donors (Lipinski definition) is 1. The molecule has 4 heteroatoms. The third-order valence-electron chi connectivity index (χ3n) is 1.56. The SMILES string of the molecule is C/C=C/CNCCCCC(F)(F)F. The average molecular weight is 195 g/mol. The predicted octanol–water partition coefficient (Wildman–Crippen LogP) is 2.88. The lowest BCUT2D eigenvalue weighted by Gasteiger charge is -2.05. The number of hydrogen-bond acceptors (Lipinski definition) is 1. The van der Waals surface area contributed by atoms with E-state index in [-0.39, 0.29) is 6.42 Å². The molecule has 0 atom stereocenters. The summed E-state index contributed by atoms with van der Waals surface area (Å²) in [6.07, 6.45) is -0.0303. The van der Waals surface area contributed by atoms with Crippen molar-refractivity contribution in [2.75, 3.05) is 13.1 Å². The number of halogens is 3. The van der Waals surface area contributed by atoms with Crippen LogP contribution in [-0.4, -0.2) is 19.3 Å². The molecule has 1 N–H and O–H groups in total. The van der Waals surface area contributed by atoms with E-state index in [1.54, 1.807) is 0 Å². The molecule has 1 nitrogen and oxygen atoms in total. The Morgan fingerprint density at radius 1 is 1.23 bits per heavy atom. The molecule has 0 fully saturated rings. The van der Waals surface area contributed by atoms with E-state index in [9.17, 15) is 13.2 Å². The second-order valence-corrected chi connectivity index (χ2v) is 2.85.